The van der Waals surface area contributed by atoms with Gasteiger partial charge in [-0.2, -0.15) is 0 Å². The second-order valence-corrected chi connectivity index (χ2v) is 9.65. The molecule has 2 aromatic carbocycles. The average Bonchev–Trinajstić information content (AvgIpc) is 3.44. The van der Waals surface area contributed by atoms with Gasteiger partial charge < -0.3 is 14.6 Å². The van der Waals surface area contributed by atoms with Gasteiger partial charge in [0.2, 0.25) is 0 Å². The number of aliphatic hydroxyl groups is 1. The van der Waals surface area contributed by atoms with E-state index in [2.05, 4.69) is 104 Å². The summed E-state index contributed by atoms with van der Waals surface area (Å²) in [5, 5.41) is 11.0. The van der Waals surface area contributed by atoms with Crippen molar-refractivity contribution in [2.24, 2.45) is 0 Å². The van der Waals surface area contributed by atoms with E-state index in [1.807, 2.05) is 4.57 Å². The molecule has 1 saturated heterocycles. The Bertz CT molecular complexity index is 1160. The molecule has 0 bridgehead atoms. The van der Waals surface area contributed by atoms with Crippen LogP contribution >= 0.6 is 0 Å². The van der Waals surface area contributed by atoms with Crippen LogP contribution in [0.25, 0.3) is 11.5 Å². The summed E-state index contributed by atoms with van der Waals surface area (Å²) >= 11 is 0. The number of nitrogens with zero attached hydrogens (tertiary/aromatic N) is 7. The van der Waals surface area contributed by atoms with Crippen molar-refractivity contribution >= 4 is 5.82 Å². The first-order valence-electron chi connectivity index (χ1n) is 13.3. The van der Waals surface area contributed by atoms with E-state index in [1.54, 1.807) is 12.7 Å². The molecular weight excluding hydrogens is 462 g/mol. The van der Waals surface area contributed by atoms with E-state index in [4.69, 9.17) is 0 Å². The van der Waals surface area contributed by atoms with Crippen LogP contribution in [0, 0.1) is 0 Å². The van der Waals surface area contributed by atoms with Gasteiger partial charge >= 0.3 is 0 Å². The first-order valence-corrected chi connectivity index (χ1v) is 13.3. The number of anilines is 1. The van der Waals surface area contributed by atoms with Crippen molar-refractivity contribution < 1.29 is 5.11 Å². The minimum Gasteiger partial charge on any atom is -0.390 e. The Labute approximate surface area is 219 Å². The molecule has 1 unspecified atom stereocenters. The molecule has 0 amide bonds. The van der Waals surface area contributed by atoms with Gasteiger partial charge in [0.25, 0.3) is 0 Å². The number of imidazole rings is 1. The van der Waals surface area contributed by atoms with Crippen LogP contribution in [0.15, 0.2) is 73.3 Å². The van der Waals surface area contributed by atoms with Crippen molar-refractivity contribution in [1.29, 1.82) is 0 Å². The highest BCUT2D eigenvalue weighted by Crippen LogP contribution is 2.30. The Kier molecular flexibility index (Phi) is 8.08. The van der Waals surface area contributed by atoms with E-state index in [1.165, 1.54) is 11.1 Å². The lowest BCUT2D eigenvalue weighted by molar-refractivity contribution is 0.0555. The molecule has 0 radical (unpaired) electrons. The number of fused-ring (bicyclic) bond motifs is 1. The average molecular weight is 500 g/mol. The second kappa shape index (κ2) is 11.8. The van der Waals surface area contributed by atoms with Crippen LogP contribution in [0.4, 0.5) is 5.82 Å². The lowest BCUT2D eigenvalue weighted by atomic mass is 9.96. The lowest BCUT2D eigenvalue weighted by Gasteiger charge is -2.40. The van der Waals surface area contributed by atoms with Crippen LogP contribution in [-0.4, -0.2) is 86.3 Å². The lowest BCUT2D eigenvalue weighted by Crippen LogP contribution is -2.50. The Morgan fingerprint density at radius 2 is 1.43 bits per heavy atom. The molecule has 37 heavy (non-hydrogen) atoms. The topological polar surface area (TPSA) is 73.6 Å². The number of hydrogen-bond acceptors (Lipinski definition) is 7. The van der Waals surface area contributed by atoms with Gasteiger partial charge in [-0.25, -0.2) is 15.0 Å². The normalized spacial score (nSPS) is 15.9. The summed E-state index contributed by atoms with van der Waals surface area (Å²) in [7, 11) is 0. The van der Waals surface area contributed by atoms with Gasteiger partial charge in [-0.1, -0.05) is 60.7 Å². The number of β-amino-alcohol motifs (C(OH)–C–C–N with tert-alkyl or cyclic N) is 1. The highest BCUT2D eigenvalue weighted by atomic mass is 16.3. The summed E-state index contributed by atoms with van der Waals surface area (Å²) in [6, 6.07) is 21.7. The van der Waals surface area contributed by atoms with Gasteiger partial charge in [0.1, 0.15) is 6.33 Å². The van der Waals surface area contributed by atoms with E-state index in [9.17, 15) is 5.11 Å². The molecule has 1 N–H and O–H groups in total. The van der Waals surface area contributed by atoms with Crippen molar-refractivity contribution in [2.45, 2.75) is 32.5 Å². The smallest absolute Gasteiger partial charge is 0.165 e. The first-order chi connectivity index (χ1) is 18.2. The molecular formula is C29H37N7O. The van der Waals surface area contributed by atoms with Gasteiger partial charge in [0.15, 0.2) is 17.3 Å². The predicted molar refractivity (Wildman–Crippen MR) is 147 cm³/mol. The number of piperazine rings is 1. The SMILES string of the molecule is CCN(CC)c1ncn(CC(O)CN2CCN(C(c3ccccc3)c3ccccc3)CC2)c2ncnc1-2. The molecule has 0 aliphatic carbocycles. The van der Waals surface area contributed by atoms with Crippen LogP contribution < -0.4 is 4.90 Å². The van der Waals surface area contributed by atoms with Crippen LogP contribution in [0.3, 0.4) is 0 Å². The maximum absolute atomic E-state index is 11.0. The van der Waals surface area contributed by atoms with Crippen molar-refractivity contribution in [1.82, 2.24) is 29.3 Å². The fraction of sp³-hybridized carbons (Fsp3) is 0.414. The zero-order chi connectivity index (χ0) is 25.6. The van der Waals surface area contributed by atoms with Gasteiger partial charge in [-0.05, 0) is 25.0 Å². The van der Waals surface area contributed by atoms with E-state index in [0.717, 1.165) is 56.6 Å². The number of benzene rings is 2. The fourth-order valence-electron chi connectivity index (χ4n) is 5.43. The Morgan fingerprint density at radius 3 is 2.03 bits per heavy atom. The van der Waals surface area contributed by atoms with E-state index in [-0.39, 0.29) is 6.04 Å². The van der Waals surface area contributed by atoms with E-state index < -0.39 is 6.10 Å². The van der Waals surface area contributed by atoms with Crippen molar-refractivity contribution in [2.75, 3.05) is 50.7 Å². The summed E-state index contributed by atoms with van der Waals surface area (Å²) in [5.74, 6) is 1.63. The number of hydrogen-bond donors (Lipinski definition) is 1. The summed E-state index contributed by atoms with van der Waals surface area (Å²) in [5.41, 5.74) is 3.43. The molecule has 3 aliphatic rings. The van der Waals surface area contributed by atoms with E-state index in [0.29, 0.717) is 13.1 Å². The van der Waals surface area contributed by atoms with Crippen LogP contribution in [0.2, 0.25) is 0 Å². The Balaban J connectivity index is 1.22. The van der Waals surface area contributed by atoms with Gasteiger partial charge in [-0.3, -0.25) is 9.80 Å². The van der Waals surface area contributed by atoms with Crippen LogP contribution in [0.5, 0.6) is 0 Å². The largest absolute Gasteiger partial charge is 0.390 e. The molecule has 3 heterocycles. The Hall–Kier alpha value is -3.33. The van der Waals surface area contributed by atoms with Crippen molar-refractivity contribution in [3.63, 3.8) is 0 Å². The second-order valence-electron chi connectivity index (χ2n) is 9.65. The molecule has 1 fully saturated rings. The first kappa shape index (κ1) is 25.3. The van der Waals surface area contributed by atoms with Crippen molar-refractivity contribution in [3.05, 3.63) is 84.4 Å². The monoisotopic (exact) mass is 499 g/mol. The summed E-state index contributed by atoms with van der Waals surface area (Å²) < 4.78 is 1.93. The molecule has 0 saturated carbocycles. The summed E-state index contributed by atoms with van der Waals surface area (Å²) in [4.78, 5) is 20.7. The molecule has 1 atom stereocenters. The third-order valence-corrected chi connectivity index (χ3v) is 7.32. The molecule has 5 rings (SSSR count). The minimum atomic E-state index is -0.517. The van der Waals surface area contributed by atoms with Gasteiger partial charge in [-0.15, -0.1) is 0 Å². The van der Waals surface area contributed by atoms with Gasteiger partial charge in [0.05, 0.1) is 25.0 Å². The van der Waals surface area contributed by atoms with Gasteiger partial charge in [0, 0.05) is 45.8 Å². The standard InChI is InChI=1S/C29H37N7O/c1-3-34(4-2)29-26-28(31-21-30-26)36(22-32-29)20-25(37)19-33-15-17-35(18-16-33)27(23-11-7-5-8-12-23)24-13-9-6-10-14-24/h5-14,21-22,25,27,37H,3-4,15-20H2,1-2H3. The van der Waals surface area contributed by atoms with Crippen LogP contribution in [0.1, 0.15) is 31.0 Å². The molecule has 3 aliphatic heterocycles. The molecule has 2 aromatic rings. The number of aliphatic hydroxyl groups excluding tert-OH is 1. The molecule has 0 spiro atoms. The molecule has 8 nitrogen and oxygen atoms in total. The third-order valence-electron chi connectivity index (χ3n) is 7.32. The minimum absolute atomic E-state index is 0.240. The number of rotatable bonds is 10. The molecule has 194 valence electrons. The third kappa shape index (κ3) is 5.66. The Morgan fingerprint density at radius 1 is 0.811 bits per heavy atom. The fourth-order valence-corrected chi connectivity index (χ4v) is 5.43. The van der Waals surface area contributed by atoms with E-state index >= 15 is 0 Å². The molecule has 0 aromatic heterocycles. The van der Waals surface area contributed by atoms with Crippen molar-refractivity contribution in [3.8, 4) is 11.5 Å². The summed E-state index contributed by atoms with van der Waals surface area (Å²) in [6.45, 7) is 10.7. The highest BCUT2D eigenvalue weighted by Gasteiger charge is 2.28. The zero-order valence-corrected chi connectivity index (χ0v) is 21.8. The highest BCUT2D eigenvalue weighted by molar-refractivity contribution is 5.67. The summed E-state index contributed by atoms with van der Waals surface area (Å²) in [6.07, 6.45) is 2.85. The molecule has 8 heteroatoms. The zero-order valence-electron chi connectivity index (χ0n) is 21.8. The predicted octanol–water partition coefficient (Wildman–Crippen LogP) is 3.39. The van der Waals surface area contributed by atoms with Crippen LogP contribution in [-0.2, 0) is 6.54 Å². The maximum atomic E-state index is 11.0. The quantitative estimate of drug-likeness (QED) is 0.359. The number of aromatic nitrogens is 4. The maximum Gasteiger partial charge on any atom is 0.165 e.